The van der Waals surface area contributed by atoms with Crippen molar-refractivity contribution >= 4 is 12.0 Å². The second kappa shape index (κ2) is 7.89. The first-order chi connectivity index (χ1) is 7.88. The molecule has 100 valence electrons. The summed E-state index contributed by atoms with van der Waals surface area (Å²) in [6.07, 6.45) is -0.125. The number of carboxylic acid groups (broad SMARTS) is 1. The molecule has 0 aliphatic carbocycles. The lowest BCUT2D eigenvalue weighted by Crippen LogP contribution is -2.47. The van der Waals surface area contributed by atoms with E-state index in [1.165, 1.54) is 0 Å². The van der Waals surface area contributed by atoms with E-state index >= 15 is 0 Å². The fraction of sp³-hybridized carbons (Fsp3) is 0.818. The lowest BCUT2D eigenvalue weighted by atomic mass is 10.3. The average molecular weight is 246 g/mol. The van der Waals surface area contributed by atoms with E-state index in [4.69, 9.17) is 9.84 Å². The summed E-state index contributed by atoms with van der Waals surface area (Å²) < 4.78 is 5.11. The van der Waals surface area contributed by atoms with Gasteiger partial charge in [-0.2, -0.15) is 0 Å². The van der Waals surface area contributed by atoms with Gasteiger partial charge in [-0.3, -0.25) is 4.79 Å². The number of hydrogen-bond donors (Lipinski definition) is 2. The second-order valence-electron chi connectivity index (χ2n) is 4.17. The fourth-order valence-electron chi connectivity index (χ4n) is 1.26. The molecule has 0 aliphatic heterocycles. The van der Waals surface area contributed by atoms with Crippen LogP contribution < -0.4 is 5.32 Å². The number of carbonyl (C=O) groups excluding carboxylic acids is 1. The zero-order chi connectivity index (χ0) is 13.4. The largest absolute Gasteiger partial charge is 0.481 e. The van der Waals surface area contributed by atoms with Gasteiger partial charge in [-0.15, -0.1) is 0 Å². The smallest absolute Gasteiger partial charge is 0.317 e. The lowest BCUT2D eigenvalue weighted by molar-refractivity contribution is -0.136. The molecule has 0 aromatic carbocycles. The van der Waals surface area contributed by atoms with E-state index in [1.807, 2.05) is 20.8 Å². The molecule has 17 heavy (non-hydrogen) atoms. The molecule has 0 saturated carbocycles. The van der Waals surface area contributed by atoms with Gasteiger partial charge in [-0.05, 0) is 20.8 Å². The summed E-state index contributed by atoms with van der Waals surface area (Å²) in [5.41, 5.74) is 0. The van der Waals surface area contributed by atoms with E-state index in [0.29, 0.717) is 6.54 Å². The van der Waals surface area contributed by atoms with Crippen molar-refractivity contribution in [3.05, 3.63) is 0 Å². The second-order valence-corrected chi connectivity index (χ2v) is 4.17. The molecule has 1 unspecified atom stereocenters. The molecule has 0 rings (SSSR count). The summed E-state index contributed by atoms with van der Waals surface area (Å²) in [6, 6.07) is -0.220. The molecule has 2 amide bonds. The fourth-order valence-corrected chi connectivity index (χ4v) is 1.26. The molecule has 2 N–H and O–H groups in total. The zero-order valence-corrected chi connectivity index (χ0v) is 10.9. The van der Waals surface area contributed by atoms with Gasteiger partial charge in [0.25, 0.3) is 0 Å². The standard InChI is InChI=1S/C11H22N2O4/c1-8(2)13(7-9(3)17-4)11(16)12-6-5-10(14)15/h8-9H,5-7H2,1-4H3,(H,12,16)(H,14,15). The third-order valence-electron chi connectivity index (χ3n) is 2.36. The number of methoxy groups -OCH3 is 1. The van der Waals surface area contributed by atoms with Crippen LogP contribution in [-0.2, 0) is 9.53 Å². The van der Waals surface area contributed by atoms with Crippen LogP contribution in [0.1, 0.15) is 27.2 Å². The van der Waals surface area contributed by atoms with Crippen LogP contribution in [0.3, 0.4) is 0 Å². The molecule has 6 heteroatoms. The summed E-state index contributed by atoms with van der Waals surface area (Å²) in [5, 5.41) is 11.0. The van der Waals surface area contributed by atoms with Crippen LogP contribution in [0.2, 0.25) is 0 Å². The van der Waals surface area contributed by atoms with Crippen LogP contribution in [0.25, 0.3) is 0 Å². The number of nitrogens with zero attached hydrogens (tertiary/aromatic N) is 1. The minimum absolute atomic E-state index is 0.0393. The Balaban J connectivity index is 4.20. The minimum atomic E-state index is -0.924. The Morgan fingerprint density at radius 2 is 1.94 bits per heavy atom. The van der Waals surface area contributed by atoms with Gasteiger partial charge in [0.1, 0.15) is 0 Å². The third kappa shape index (κ3) is 6.78. The number of urea groups is 1. The van der Waals surface area contributed by atoms with Gasteiger partial charge in [0.15, 0.2) is 0 Å². The average Bonchev–Trinajstić information content (AvgIpc) is 2.24. The Hall–Kier alpha value is -1.30. The summed E-state index contributed by atoms with van der Waals surface area (Å²) in [6.45, 7) is 6.30. The van der Waals surface area contributed by atoms with Crippen molar-refractivity contribution in [2.75, 3.05) is 20.2 Å². The van der Waals surface area contributed by atoms with E-state index in [2.05, 4.69) is 5.32 Å². The minimum Gasteiger partial charge on any atom is -0.481 e. The molecule has 0 bridgehead atoms. The van der Waals surface area contributed by atoms with E-state index in [1.54, 1.807) is 12.0 Å². The Bertz CT molecular complexity index is 256. The van der Waals surface area contributed by atoms with Crippen LogP contribution in [0.15, 0.2) is 0 Å². The molecule has 0 spiro atoms. The van der Waals surface area contributed by atoms with Gasteiger partial charge >= 0.3 is 12.0 Å². The topological polar surface area (TPSA) is 78.9 Å². The zero-order valence-electron chi connectivity index (χ0n) is 10.9. The molecule has 0 fully saturated rings. The molecule has 0 aromatic rings. The normalized spacial score (nSPS) is 12.3. The van der Waals surface area contributed by atoms with Gasteiger partial charge in [0.05, 0.1) is 12.5 Å². The molecule has 0 saturated heterocycles. The van der Waals surface area contributed by atoms with E-state index in [9.17, 15) is 9.59 Å². The third-order valence-corrected chi connectivity index (χ3v) is 2.36. The first-order valence-corrected chi connectivity index (χ1v) is 5.67. The van der Waals surface area contributed by atoms with Gasteiger partial charge in [0.2, 0.25) is 0 Å². The van der Waals surface area contributed by atoms with Gasteiger partial charge in [0, 0.05) is 26.2 Å². The Labute approximate surface area is 102 Å². The maximum absolute atomic E-state index is 11.8. The molecular formula is C11H22N2O4. The van der Waals surface area contributed by atoms with Crippen LogP contribution in [0, 0.1) is 0 Å². The molecule has 6 nitrogen and oxygen atoms in total. The number of carbonyl (C=O) groups is 2. The van der Waals surface area contributed by atoms with Crippen molar-refractivity contribution in [3.8, 4) is 0 Å². The van der Waals surface area contributed by atoms with Gasteiger partial charge in [-0.1, -0.05) is 0 Å². The number of ether oxygens (including phenoxy) is 1. The van der Waals surface area contributed by atoms with Crippen molar-refractivity contribution < 1.29 is 19.4 Å². The summed E-state index contributed by atoms with van der Waals surface area (Å²) in [4.78, 5) is 23.7. The molecule has 0 radical (unpaired) electrons. The number of carboxylic acids is 1. The van der Waals surface area contributed by atoms with Crippen LogP contribution >= 0.6 is 0 Å². The van der Waals surface area contributed by atoms with E-state index in [0.717, 1.165) is 0 Å². The Morgan fingerprint density at radius 1 is 1.35 bits per heavy atom. The van der Waals surface area contributed by atoms with Gasteiger partial charge < -0.3 is 20.1 Å². The summed E-state index contributed by atoms with van der Waals surface area (Å²) >= 11 is 0. The number of nitrogens with one attached hydrogen (secondary N) is 1. The maximum Gasteiger partial charge on any atom is 0.317 e. The highest BCUT2D eigenvalue weighted by Crippen LogP contribution is 2.02. The highest BCUT2D eigenvalue weighted by atomic mass is 16.5. The number of amides is 2. The number of rotatable bonds is 7. The maximum atomic E-state index is 11.8. The molecule has 1 atom stereocenters. The van der Waals surface area contributed by atoms with Crippen molar-refractivity contribution in [2.45, 2.75) is 39.3 Å². The monoisotopic (exact) mass is 246 g/mol. The molecule has 0 aromatic heterocycles. The highest BCUT2D eigenvalue weighted by Gasteiger charge is 2.19. The quantitative estimate of drug-likeness (QED) is 0.700. The Kier molecular flexibility index (Phi) is 7.29. The number of hydrogen-bond acceptors (Lipinski definition) is 3. The van der Waals surface area contributed by atoms with Crippen LogP contribution in [-0.4, -0.2) is 54.4 Å². The highest BCUT2D eigenvalue weighted by molar-refractivity contribution is 5.75. The van der Waals surface area contributed by atoms with Crippen molar-refractivity contribution in [3.63, 3.8) is 0 Å². The van der Waals surface area contributed by atoms with Crippen molar-refractivity contribution in [2.24, 2.45) is 0 Å². The van der Waals surface area contributed by atoms with Crippen LogP contribution in [0.4, 0.5) is 4.79 Å². The van der Waals surface area contributed by atoms with Crippen LogP contribution in [0.5, 0.6) is 0 Å². The predicted molar refractivity (Wildman–Crippen MR) is 64.0 cm³/mol. The SMILES string of the molecule is COC(C)CN(C(=O)NCCC(=O)O)C(C)C. The van der Waals surface area contributed by atoms with E-state index < -0.39 is 5.97 Å². The van der Waals surface area contributed by atoms with Crippen molar-refractivity contribution in [1.82, 2.24) is 10.2 Å². The summed E-state index contributed by atoms with van der Waals surface area (Å²) in [5.74, 6) is -0.924. The number of aliphatic carboxylic acids is 1. The van der Waals surface area contributed by atoms with Crippen molar-refractivity contribution in [1.29, 1.82) is 0 Å². The Morgan fingerprint density at radius 3 is 2.35 bits per heavy atom. The molecule has 0 heterocycles. The molecular weight excluding hydrogens is 224 g/mol. The van der Waals surface area contributed by atoms with Gasteiger partial charge in [-0.25, -0.2) is 4.79 Å². The van der Waals surface area contributed by atoms with E-state index in [-0.39, 0.29) is 31.1 Å². The first-order valence-electron chi connectivity index (χ1n) is 5.67. The predicted octanol–water partition coefficient (Wildman–Crippen LogP) is 0.916. The first kappa shape index (κ1) is 15.7. The summed E-state index contributed by atoms with van der Waals surface area (Å²) in [7, 11) is 1.59. The molecule has 0 aliphatic rings. The lowest BCUT2D eigenvalue weighted by Gasteiger charge is -2.29.